The predicted octanol–water partition coefficient (Wildman–Crippen LogP) is 3.46. The molecular weight excluding hydrogens is 284 g/mol. The maximum absolute atomic E-state index is 5.35. The van der Waals surface area contributed by atoms with Gasteiger partial charge < -0.3 is 9.42 Å². The van der Waals surface area contributed by atoms with Crippen molar-refractivity contribution in [3.63, 3.8) is 0 Å². The molecule has 4 rings (SSSR count). The van der Waals surface area contributed by atoms with Crippen LogP contribution in [0, 0.1) is 0 Å². The maximum Gasteiger partial charge on any atom is 0.276 e. The Hall–Kier alpha value is -2.21. The summed E-state index contributed by atoms with van der Waals surface area (Å²) in [6.07, 6.45) is 4.30. The smallest absolute Gasteiger partial charge is 0.276 e. The Morgan fingerprint density at radius 3 is 2.90 bits per heavy atom. The van der Waals surface area contributed by atoms with E-state index in [0.717, 1.165) is 24.3 Å². The highest BCUT2D eigenvalue weighted by Gasteiger charge is 2.16. The van der Waals surface area contributed by atoms with Crippen LogP contribution in [0.15, 0.2) is 39.7 Å². The number of rotatable bonds is 3. The van der Waals surface area contributed by atoms with Crippen molar-refractivity contribution in [1.29, 1.82) is 0 Å². The van der Waals surface area contributed by atoms with Crippen LogP contribution in [0.3, 0.4) is 0 Å². The molecule has 0 bridgehead atoms. The fourth-order valence-corrected chi connectivity index (χ4v) is 3.18. The molecule has 0 saturated carbocycles. The van der Waals surface area contributed by atoms with Crippen molar-refractivity contribution in [3.8, 4) is 23.0 Å². The van der Waals surface area contributed by atoms with Gasteiger partial charge in [0.15, 0.2) is 0 Å². The van der Waals surface area contributed by atoms with Gasteiger partial charge in [0.1, 0.15) is 5.69 Å². The fraction of sp³-hybridized carbons (Fsp3) is 0.267. The van der Waals surface area contributed by atoms with Crippen molar-refractivity contribution in [3.05, 3.63) is 35.2 Å². The van der Waals surface area contributed by atoms with E-state index in [1.165, 1.54) is 18.5 Å². The van der Waals surface area contributed by atoms with Crippen LogP contribution in [0.2, 0.25) is 0 Å². The average Bonchev–Trinajstić information content (AvgIpc) is 3.26. The summed E-state index contributed by atoms with van der Waals surface area (Å²) < 4.78 is 5.35. The lowest BCUT2D eigenvalue weighted by molar-refractivity contribution is 0.431. The van der Waals surface area contributed by atoms with E-state index in [2.05, 4.69) is 20.0 Å². The Balaban J connectivity index is 1.65. The molecule has 0 N–H and O–H groups in total. The van der Waals surface area contributed by atoms with Gasteiger partial charge in [0.05, 0.1) is 0 Å². The molecule has 6 heteroatoms. The van der Waals surface area contributed by atoms with Gasteiger partial charge in [0, 0.05) is 35.9 Å². The Kier molecular flexibility index (Phi) is 3.16. The second-order valence-electron chi connectivity index (χ2n) is 5.03. The van der Waals surface area contributed by atoms with Gasteiger partial charge in [-0.1, -0.05) is 5.16 Å². The number of nitrogens with zero attached hydrogens (tertiary/aromatic N) is 4. The molecular formula is C15H14N4OS. The predicted molar refractivity (Wildman–Crippen MR) is 82.3 cm³/mol. The average molecular weight is 298 g/mol. The SMILES string of the molecule is c1cc(N2CCCC2)cc(-c2nc(-c3ccsc3)no2)n1. The summed E-state index contributed by atoms with van der Waals surface area (Å²) in [4.78, 5) is 11.2. The van der Waals surface area contributed by atoms with Crippen LogP contribution < -0.4 is 4.90 Å². The molecule has 4 heterocycles. The quantitative estimate of drug-likeness (QED) is 0.741. The summed E-state index contributed by atoms with van der Waals surface area (Å²) in [6, 6.07) is 6.04. The maximum atomic E-state index is 5.35. The zero-order valence-corrected chi connectivity index (χ0v) is 12.2. The number of hydrogen-bond acceptors (Lipinski definition) is 6. The summed E-state index contributed by atoms with van der Waals surface area (Å²) in [5.74, 6) is 1.08. The minimum atomic E-state index is 0.470. The topological polar surface area (TPSA) is 55.1 Å². The molecule has 0 spiro atoms. The lowest BCUT2D eigenvalue weighted by Gasteiger charge is -2.17. The first-order chi connectivity index (χ1) is 10.4. The van der Waals surface area contributed by atoms with Crippen LogP contribution in [0.25, 0.3) is 23.0 Å². The van der Waals surface area contributed by atoms with Gasteiger partial charge in [-0.15, -0.1) is 0 Å². The molecule has 0 radical (unpaired) electrons. The number of anilines is 1. The van der Waals surface area contributed by atoms with Crippen molar-refractivity contribution in [1.82, 2.24) is 15.1 Å². The highest BCUT2D eigenvalue weighted by Crippen LogP contribution is 2.26. The molecule has 5 nitrogen and oxygen atoms in total. The standard InChI is InChI=1S/C15H14N4OS/c1-2-7-19(6-1)12-3-5-16-13(9-12)15-17-14(18-20-15)11-4-8-21-10-11/h3-5,8-10H,1-2,6-7H2. The van der Waals surface area contributed by atoms with E-state index < -0.39 is 0 Å². The summed E-state index contributed by atoms with van der Waals surface area (Å²) in [5.41, 5.74) is 2.88. The number of pyridine rings is 1. The first kappa shape index (κ1) is 12.5. The van der Waals surface area contributed by atoms with Crippen LogP contribution in [-0.4, -0.2) is 28.2 Å². The Morgan fingerprint density at radius 1 is 1.19 bits per heavy atom. The molecule has 0 atom stereocenters. The number of thiophene rings is 1. The zero-order valence-electron chi connectivity index (χ0n) is 11.4. The van der Waals surface area contributed by atoms with Crippen LogP contribution in [0.5, 0.6) is 0 Å². The number of hydrogen-bond donors (Lipinski definition) is 0. The van der Waals surface area contributed by atoms with Gasteiger partial charge in [0.2, 0.25) is 5.82 Å². The van der Waals surface area contributed by atoms with Gasteiger partial charge in [-0.05, 0) is 36.4 Å². The third-order valence-corrected chi connectivity index (χ3v) is 4.32. The molecule has 1 saturated heterocycles. The largest absolute Gasteiger partial charge is 0.371 e. The minimum Gasteiger partial charge on any atom is -0.371 e. The van der Waals surface area contributed by atoms with Crippen molar-refractivity contribution in [2.45, 2.75) is 12.8 Å². The van der Waals surface area contributed by atoms with Crippen LogP contribution in [-0.2, 0) is 0 Å². The summed E-state index contributed by atoms with van der Waals surface area (Å²) in [6.45, 7) is 2.21. The molecule has 1 fully saturated rings. The first-order valence-corrected chi connectivity index (χ1v) is 7.92. The van der Waals surface area contributed by atoms with E-state index in [1.807, 2.05) is 29.0 Å². The third kappa shape index (κ3) is 2.42. The molecule has 1 aliphatic rings. The molecule has 3 aromatic heterocycles. The lowest BCUT2D eigenvalue weighted by Crippen LogP contribution is -2.17. The Morgan fingerprint density at radius 2 is 2.10 bits per heavy atom. The van der Waals surface area contributed by atoms with Gasteiger partial charge in [-0.3, -0.25) is 4.98 Å². The third-order valence-electron chi connectivity index (χ3n) is 3.64. The monoisotopic (exact) mass is 298 g/mol. The van der Waals surface area contributed by atoms with E-state index >= 15 is 0 Å². The molecule has 0 unspecified atom stereocenters. The fourth-order valence-electron chi connectivity index (χ4n) is 2.54. The van der Waals surface area contributed by atoms with Crippen LogP contribution in [0.1, 0.15) is 12.8 Å². The van der Waals surface area contributed by atoms with E-state index in [4.69, 9.17) is 4.52 Å². The lowest BCUT2D eigenvalue weighted by atomic mass is 10.3. The van der Waals surface area contributed by atoms with E-state index in [9.17, 15) is 0 Å². The Labute approximate surface area is 126 Å². The van der Waals surface area contributed by atoms with E-state index in [0.29, 0.717) is 11.7 Å². The van der Waals surface area contributed by atoms with Gasteiger partial charge in [-0.2, -0.15) is 16.3 Å². The van der Waals surface area contributed by atoms with Gasteiger partial charge in [-0.25, -0.2) is 0 Å². The van der Waals surface area contributed by atoms with Crippen molar-refractivity contribution in [2.24, 2.45) is 0 Å². The normalized spacial score (nSPS) is 14.8. The second-order valence-corrected chi connectivity index (χ2v) is 5.81. The van der Waals surface area contributed by atoms with Crippen molar-refractivity contribution >= 4 is 17.0 Å². The Bertz CT molecular complexity index is 732. The summed E-state index contributed by atoms with van der Waals surface area (Å²) in [7, 11) is 0. The summed E-state index contributed by atoms with van der Waals surface area (Å²) in [5, 5.41) is 8.03. The molecule has 3 aromatic rings. The number of aromatic nitrogens is 3. The van der Waals surface area contributed by atoms with Crippen molar-refractivity contribution in [2.75, 3.05) is 18.0 Å². The highest BCUT2D eigenvalue weighted by molar-refractivity contribution is 7.08. The van der Waals surface area contributed by atoms with E-state index in [1.54, 1.807) is 17.5 Å². The molecule has 0 amide bonds. The van der Waals surface area contributed by atoms with Crippen LogP contribution >= 0.6 is 11.3 Å². The molecule has 106 valence electrons. The molecule has 0 aromatic carbocycles. The second kappa shape index (κ2) is 5.29. The molecule has 0 aliphatic carbocycles. The summed E-state index contributed by atoms with van der Waals surface area (Å²) >= 11 is 1.61. The molecule has 1 aliphatic heterocycles. The van der Waals surface area contributed by atoms with Gasteiger partial charge >= 0.3 is 0 Å². The first-order valence-electron chi connectivity index (χ1n) is 6.98. The van der Waals surface area contributed by atoms with Crippen molar-refractivity contribution < 1.29 is 4.52 Å². The van der Waals surface area contributed by atoms with Crippen LogP contribution in [0.4, 0.5) is 5.69 Å². The highest BCUT2D eigenvalue weighted by atomic mass is 32.1. The minimum absolute atomic E-state index is 0.470. The van der Waals surface area contributed by atoms with E-state index in [-0.39, 0.29) is 0 Å². The zero-order chi connectivity index (χ0) is 14.1. The molecule has 21 heavy (non-hydrogen) atoms. The van der Waals surface area contributed by atoms with Gasteiger partial charge in [0.25, 0.3) is 5.89 Å².